The molecule has 3 heterocycles. The van der Waals surface area contributed by atoms with Gasteiger partial charge in [0.25, 0.3) is 0 Å². The standard InChI is InChI=1S/C21H23BrFN7O7S/c1-20(2,3)35-18(31)28-38(33,34)29-9-21(10-29)7-11(8-21)24-16-15(25-37-26-16)17-27-36-19(32)30(17)12-4-5-14(23)13(22)6-12/h4-6,11H,7-10H2,1-3H3,(H,24,26)(H,28,31). The highest BCUT2D eigenvalue weighted by Crippen LogP contribution is 2.50. The Morgan fingerprint density at radius 1 is 1.24 bits per heavy atom. The number of rotatable bonds is 6. The van der Waals surface area contributed by atoms with E-state index < -0.39 is 33.5 Å². The quantitative estimate of drug-likeness (QED) is 0.416. The molecule has 2 fully saturated rings. The molecule has 1 aliphatic carbocycles. The predicted octanol–water partition coefficient (Wildman–Crippen LogP) is 2.42. The molecule has 1 saturated carbocycles. The van der Waals surface area contributed by atoms with Gasteiger partial charge >= 0.3 is 22.1 Å². The normalized spacial score (nSPS) is 17.6. The molecule has 38 heavy (non-hydrogen) atoms. The van der Waals surface area contributed by atoms with Crippen LogP contribution in [-0.4, -0.2) is 63.6 Å². The fraction of sp³-hybridized carbons (Fsp3) is 0.476. The first-order chi connectivity index (χ1) is 17.8. The van der Waals surface area contributed by atoms with Gasteiger partial charge in [0.2, 0.25) is 11.6 Å². The fourth-order valence-corrected chi connectivity index (χ4v) is 6.20. The molecule has 0 radical (unpaired) electrons. The Bertz CT molecular complexity index is 1550. The van der Waals surface area contributed by atoms with Crippen LogP contribution in [0.5, 0.6) is 0 Å². The molecule has 5 rings (SSSR count). The molecule has 1 aliphatic heterocycles. The van der Waals surface area contributed by atoms with Crippen LogP contribution in [0.2, 0.25) is 0 Å². The summed E-state index contributed by atoms with van der Waals surface area (Å²) < 4.78 is 57.7. The third-order valence-corrected chi connectivity index (χ3v) is 8.11. The second kappa shape index (κ2) is 9.16. The zero-order valence-corrected chi connectivity index (χ0v) is 22.8. The number of amides is 1. The first-order valence-electron chi connectivity index (χ1n) is 11.4. The van der Waals surface area contributed by atoms with Crippen molar-refractivity contribution in [2.75, 3.05) is 18.4 Å². The summed E-state index contributed by atoms with van der Waals surface area (Å²) in [6, 6.07) is 3.87. The number of carbonyl (C=O) groups is 1. The maximum Gasteiger partial charge on any atom is 0.446 e. The molecule has 1 amide bonds. The lowest BCUT2D eigenvalue weighted by molar-refractivity contribution is -0.0184. The van der Waals surface area contributed by atoms with Gasteiger partial charge in [0, 0.05) is 24.5 Å². The van der Waals surface area contributed by atoms with Crippen LogP contribution >= 0.6 is 15.9 Å². The highest BCUT2D eigenvalue weighted by molar-refractivity contribution is 9.10. The van der Waals surface area contributed by atoms with E-state index in [1.54, 1.807) is 20.8 Å². The van der Waals surface area contributed by atoms with Crippen molar-refractivity contribution in [1.29, 1.82) is 0 Å². The van der Waals surface area contributed by atoms with Gasteiger partial charge in [0.1, 0.15) is 11.4 Å². The Morgan fingerprint density at radius 3 is 2.61 bits per heavy atom. The average molecular weight is 616 g/mol. The van der Waals surface area contributed by atoms with E-state index in [-0.39, 0.29) is 52.0 Å². The average Bonchev–Trinajstić information content (AvgIpc) is 3.34. The van der Waals surface area contributed by atoms with Crippen LogP contribution in [0.1, 0.15) is 33.6 Å². The van der Waals surface area contributed by atoms with Crippen molar-refractivity contribution in [2.45, 2.75) is 45.3 Å². The van der Waals surface area contributed by atoms with Crippen molar-refractivity contribution in [2.24, 2.45) is 5.41 Å². The zero-order valence-electron chi connectivity index (χ0n) is 20.4. The molecule has 1 saturated heterocycles. The number of benzene rings is 1. The molecule has 2 aromatic heterocycles. The van der Waals surface area contributed by atoms with E-state index in [1.807, 2.05) is 4.72 Å². The maximum atomic E-state index is 13.7. The van der Waals surface area contributed by atoms with Gasteiger partial charge in [0.15, 0.2) is 5.69 Å². The molecule has 1 spiro atoms. The molecule has 1 aromatic carbocycles. The van der Waals surface area contributed by atoms with Crippen molar-refractivity contribution < 1.29 is 31.5 Å². The van der Waals surface area contributed by atoms with Crippen LogP contribution in [0.4, 0.5) is 15.0 Å². The highest BCUT2D eigenvalue weighted by Gasteiger charge is 2.56. The minimum Gasteiger partial charge on any atom is -0.443 e. The Hall–Kier alpha value is -3.31. The smallest absolute Gasteiger partial charge is 0.443 e. The number of anilines is 1. The predicted molar refractivity (Wildman–Crippen MR) is 132 cm³/mol. The van der Waals surface area contributed by atoms with E-state index in [9.17, 15) is 22.4 Å². The Kier molecular flexibility index (Phi) is 6.34. The molecule has 2 aliphatic rings. The third-order valence-electron chi connectivity index (χ3n) is 6.14. The van der Waals surface area contributed by atoms with Gasteiger partial charge in [-0.05, 0) is 78.1 Å². The summed E-state index contributed by atoms with van der Waals surface area (Å²) in [5, 5.41) is 14.7. The molecular formula is C21H23BrFN7O7S. The highest BCUT2D eigenvalue weighted by atomic mass is 79.9. The minimum atomic E-state index is -4.01. The number of carbonyl (C=O) groups excluding carboxylic acids is 1. The molecule has 17 heteroatoms. The van der Waals surface area contributed by atoms with E-state index in [0.717, 1.165) is 4.57 Å². The van der Waals surface area contributed by atoms with E-state index in [1.165, 1.54) is 22.5 Å². The van der Waals surface area contributed by atoms with Gasteiger partial charge in [-0.3, -0.25) is 4.52 Å². The monoisotopic (exact) mass is 615 g/mol. The molecular weight excluding hydrogens is 593 g/mol. The van der Waals surface area contributed by atoms with Crippen molar-refractivity contribution in [1.82, 2.24) is 29.1 Å². The van der Waals surface area contributed by atoms with Gasteiger partial charge in [0.05, 0.1) is 10.2 Å². The summed E-state index contributed by atoms with van der Waals surface area (Å²) in [5.74, 6) is -1.11. The lowest BCUT2D eigenvalue weighted by Gasteiger charge is -2.57. The number of hydrogen-bond donors (Lipinski definition) is 2. The summed E-state index contributed by atoms with van der Waals surface area (Å²) >= 11 is 3.09. The summed E-state index contributed by atoms with van der Waals surface area (Å²) in [5.41, 5.74) is -0.675. The molecule has 14 nitrogen and oxygen atoms in total. The SMILES string of the molecule is CC(C)(C)OC(=O)NS(=O)(=O)N1CC2(CC(Nc3nonc3-c3noc(=O)n3-c3ccc(F)c(Br)c3)C2)C1. The molecule has 0 bridgehead atoms. The van der Waals surface area contributed by atoms with Crippen LogP contribution in [-0.2, 0) is 14.9 Å². The molecule has 3 aromatic rings. The lowest BCUT2D eigenvalue weighted by Crippen LogP contribution is -2.67. The third kappa shape index (κ3) is 5.04. The number of ether oxygens (including phenoxy) is 1. The Morgan fingerprint density at radius 2 is 1.95 bits per heavy atom. The summed E-state index contributed by atoms with van der Waals surface area (Å²) in [6.07, 6.45) is 0.208. The van der Waals surface area contributed by atoms with Gasteiger partial charge < -0.3 is 10.1 Å². The van der Waals surface area contributed by atoms with Gasteiger partial charge in [-0.25, -0.2) is 27.9 Å². The van der Waals surface area contributed by atoms with Crippen LogP contribution in [0.3, 0.4) is 0 Å². The molecule has 0 unspecified atom stereocenters. The summed E-state index contributed by atoms with van der Waals surface area (Å²) in [6.45, 7) is 5.40. The second-order valence-corrected chi connectivity index (χ2v) is 12.8. The van der Waals surface area contributed by atoms with Crippen LogP contribution < -0.4 is 15.8 Å². The van der Waals surface area contributed by atoms with E-state index in [0.29, 0.717) is 12.8 Å². The van der Waals surface area contributed by atoms with Gasteiger partial charge in [-0.2, -0.15) is 12.7 Å². The van der Waals surface area contributed by atoms with Gasteiger partial charge in [-0.1, -0.05) is 5.16 Å². The van der Waals surface area contributed by atoms with Crippen LogP contribution in [0.25, 0.3) is 17.2 Å². The maximum absolute atomic E-state index is 13.7. The molecule has 204 valence electrons. The van der Waals surface area contributed by atoms with Crippen LogP contribution in [0, 0.1) is 11.2 Å². The van der Waals surface area contributed by atoms with Crippen molar-refractivity contribution >= 4 is 38.1 Å². The first kappa shape index (κ1) is 26.3. The topological polar surface area (TPSA) is 175 Å². The number of halogens is 2. The lowest BCUT2D eigenvalue weighted by atomic mass is 9.61. The number of aromatic nitrogens is 4. The Labute approximate surface area is 223 Å². The summed E-state index contributed by atoms with van der Waals surface area (Å²) in [4.78, 5) is 24.2. The number of nitrogens with zero attached hydrogens (tertiary/aromatic N) is 5. The van der Waals surface area contributed by atoms with Gasteiger partial charge in [-0.15, -0.1) is 0 Å². The molecule has 2 N–H and O–H groups in total. The van der Waals surface area contributed by atoms with Crippen LogP contribution in [0.15, 0.2) is 36.6 Å². The van der Waals surface area contributed by atoms with E-state index in [2.05, 4.69) is 36.7 Å². The first-order valence-corrected chi connectivity index (χ1v) is 13.6. The number of hydrogen-bond acceptors (Lipinski definition) is 11. The molecule has 0 atom stereocenters. The Balaban J connectivity index is 1.22. The van der Waals surface area contributed by atoms with Crippen molar-refractivity contribution in [3.8, 4) is 17.2 Å². The largest absolute Gasteiger partial charge is 0.446 e. The second-order valence-electron chi connectivity index (χ2n) is 10.3. The number of nitrogens with one attached hydrogen (secondary N) is 2. The van der Waals surface area contributed by atoms with Crippen molar-refractivity contribution in [3.05, 3.63) is 39.0 Å². The van der Waals surface area contributed by atoms with Crippen molar-refractivity contribution in [3.63, 3.8) is 0 Å². The fourth-order valence-electron chi connectivity index (χ4n) is 4.56. The zero-order chi connectivity index (χ0) is 27.5. The van der Waals surface area contributed by atoms with E-state index >= 15 is 0 Å². The summed E-state index contributed by atoms with van der Waals surface area (Å²) in [7, 11) is -4.01. The minimum absolute atomic E-state index is 0.000393. The van der Waals surface area contributed by atoms with E-state index in [4.69, 9.17) is 13.9 Å².